The highest BCUT2D eigenvalue weighted by Crippen LogP contribution is 2.26. The lowest BCUT2D eigenvalue weighted by Gasteiger charge is -2.20. The van der Waals surface area contributed by atoms with Gasteiger partial charge >= 0.3 is 0 Å². The normalized spacial score (nSPS) is 19.3. The van der Waals surface area contributed by atoms with E-state index in [-0.39, 0.29) is 18.6 Å². The molecule has 1 amide bonds. The van der Waals surface area contributed by atoms with Crippen LogP contribution >= 0.6 is 11.3 Å². The monoisotopic (exact) mass is 344 g/mol. The summed E-state index contributed by atoms with van der Waals surface area (Å²) in [5.41, 5.74) is 1.11. The Labute approximate surface area is 147 Å². The topological polar surface area (TPSA) is 52.6 Å². The number of benzene rings is 1. The number of nitrogens with zero attached hydrogens (tertiary/aromatic N) is 1. The predicted molar refractivity (Wildman–Crippen MR) is 97.0 cm³/mol. The molecule has 1 fully saturated rings. The van der Waals surface area contributed by atoms with Crippen molar-refractivity contribution in [2.24, 2.45) is 5.92 Å². The van der Waals surface area contributed by atoms with E-state index in [1.54, 1.807) is 11.3 Å². The lowest BCUT2D eigenvalue weighted by molar-refractivity contribution is -0.121. The van der Waals surface area contributed by atoms with Gasteiger partial charge < -0.3 is 15.3 Å². The molecular weight excluding hydrogens is 320 g/mol. The lowest BCUT2D eigenvalue weighted by atomic mass is 10.1. The highest BCUT2D eigenvalue weighted by Gasteiger charge is 2.23. The zero-order chi connectivity index (χ0) is 16.8. The first-order valence-corrected chi connectivity index (χ1v) is 9.35. The first-order valence-electron chi connectivity index (χ1n) is 8.47. The third kappa shape index (κ3) is 4.44. The predicted octanol–water partition coefficient (Wildman–Crippen LogP) is 2.66. The van der Waals surface area contributed by atoms with Crippen LogP contribution in [-0.2, 0) is 4.79 Å². The minimum atomic E-state index is -0.0810. The molecule has 4 nitrogen and oxygen atoms in total. The summed E-state index contributed by atoms with van der Waals surface area (Å²) in [7, 11) is 0. The van der Waals surface area contributed by atoms with Crippen molar-refractivity contribution in [3.8, 4) is 0 Å². The number of aliphatic hydroxyl groups excluding tert-OH is 1. The van der Waals surface area contributed by atoms with Gasteiger partial charge in [0, 0.05) is 31.0 Å². The summed E-state index contributed by atoms with van der Waals surface area (Å²) in [5, 5.41) is 14.4. The first kappa shape index (κ1) is 17.1. The number of nitrogens with one attached hydrogen (secondary N) is 1. The van der Waals surface area contributed by atoms with Crippen molar-refractivity contribution >= 4 is 17.2 Å². The van der Waals surface area contributed by atoms with Crippen LogP contribution in [0.4, 0.5) is 0 Å². The molecule has 2 atom stereocenters. The summed E-state index contributed by atoms with van der Waals surface area (Å²) in [6.45, 7) is 2.88. The second-order valence-corrected chi connectivity index (χ2v) is 7.29. The largest absolute Gasteiger partial charge is 0.396 e. The van der Waals surface area contributed by atoms with Gasteiger partial charge in [-0.2, -0.15) is 0 Å². The van der Waals surface area contributed by atoms with Crippen LogP contribution in [0.15, 0.2) is 47.8 Å². The van der Waals surface area contributed by atoms with Gasteiger partial charge in [-0.3, -0.25) is 4.79 Å². The maximum Gasteiger partial charge on any atom is 0.222 e. The maximum atomic E-state index is 12.4. The second-order valence-electron chi connectivity index (χ2n) is 6.31. The van der Waals surface area contributed by atoms with Gasteiger partial charge in [0.2, 0.25) is 5.91 Å². The number of likely N-dealkylation sites (tertiary alicyclic amines) is 1. The van der Waals surface area contributed by atoms with Crippen molar-refractivity contribution in [3.63, 3.8) is 0 Å². The molecule has 1 saturated heterocycles. The highest BCUT2D eigenvalue weighted by molar-refractivity contribution is 7.10. The molecule has 128 valence electrons. The van der Waals surface area contributed by atoms with Gasteiger partial charge in [0.1, 0.15) is 0 Å². The van der Waals surface area contributed by atoms with Crippen LogP contribution in [-0.4, -0.2) is 42.2 Å². The fraction of sp³-hybridized carbons (Fsp3) is 0.421. The average Bonchev–Trinajstić information content (AvgIpc) is 3.30. The fourth-order valence-electron chi connectivity index (χ4n) is 3.18. The zero-order valence-electron chi connectivity index (χ0n) is 13.7. The number of aliphatic hydroxyl groups is 1. The van der Waals surface area contributed by atoms with E-state index in [2.05, 4.69) is 28.4 Å². The molecule has 1 aliphatic rings. The molecule has 0 aliphatic carbocycles. The molecule has 1 aromatic carbocycles. The number of thiophene rings is 1. The quantitative estimate of drug-likeness (QED) is 0.812. The molecule has 1 aromatic heterocycles. The van der Waals surface area contributed by atoms with Crippen LogP contribution in [0.3, 0.4) is 0 Å². The number of rotatable bonds is 7. The molecular formula is C19H24N2O2S. The number of hydrogen-bond donors (Lipinski definition) is 2. The Bertz CT molecular complexity index is 630. The maximum absolute atomic E-state index is 12.4. The molecule has 0 radical (unpaired) electrons. The van der Waals surface area contributed by atoms with E-state index in [4.69, 9.17) is 0 Å². The molecule has 2 aromatic rings. The summed E-state index contributed by atoms with van der Waals surface area (Å²) < 4.78 is 0. The van der Waals surface area contributed by atoms with E-state index in [9.17, 15) is 9.90 Å². The Morgan fingerprint density at radius 3 is 2.79 bits per heavy atom. The molecule has 0 bridgehead atoms. The third-order valence-corrected chi connectivity index (χ3v) is 5.49. The van der Waals surface area contributed by atoms with Gasteiger partial charge in [-0.25, -0.2) is 0 Å². The summed E-state index contributed by atoms with van der Waals surface area (Å²) in [5.74, 6) is 0.445. The van der Waals surface area contributed by atoms with Crippen LogP contribution in [0.5, 0.6) is 0 Å². The van der Waals surface area contributed by atoms with E-state index in [1.807, 2.05) is 29.6 Å². The Morgan fingerprint density at radius 1 is 1.29 bits per heavy atom. The second kappa shape index (κ2) is 8.42. The van der Waals surface area contributed by atoms with Gasteiger partial charge in [-0.05, 0) is 35.9 Å². The van der Waals surface area contributed by atoms with Gasteiger partial charge in [0.25, 0.3) is 0 Å². The number of carbonyl (C=O) groups is 1. The summed E-state index contributed by atoms with van der Waals surface area (Å²) in [4.78, 5) is 15.9. The Kier molecular flexibility index (Phi) is 6.01. The average molecular weight is 344 g/mol. The first-order chi connectivity index (χ1) is 11.8. The highest BCUT2D eigenvalue weighted by atomic mass is 32.1. The number of amides is 1. The van der Waals surface area contributed by atoms with Crippen molar-refractivity contribution < 1.29 is 9.90 Å². The van der Waals surface area contributed by atoms with E-state index in [0.29, 0.717) is 12.3 Å². The lowest BCUT2D eigenvalue weighted by Crippen LogP contribution is -2.32. The third-order valence-electron chi connectivity index (χ3n) is 4.55. The van der Waals surface area contributed by atoms with E-state index < -0.39 is 0 Å². The molecule has 1 aliphatic heterocycles. The van der Waals surface area contributed by atoms with Gasteiger partial charge in [0.15, 0.2) is 0 Å². The number of hydrogen-bond acceptors (Lipinski definition) is 4. The van der Waals surface area contributed by atoms with Crippen LogP contribution in [0.1, 0.15) is 29.3 Å². The minimum absolute atomic E-state index is 0.0738. The van der Waals surface area contributed by atoms with E-state index in [1.165, 1.54) is 0 Å². The van der Waals surface area contributed by atoms with Crippen molar-refractivity contribution in [1.82, 2.24) is 10.2 Å². The van der Waals surface area contributed by atoms with Crippen LogP contribution in [0.2, 0.25) is 0 Å². The Morgan fingerprint density at radius 2 is 2.12 bits per heavy atom. The zero-order valence-corrected chi connectivity index (χ0v) is 14.5. The molecule has 2 N–H and O–H groups in total. The van der Waals surface area contributed by atoms with Gasteiger partial charge in [-0.1, -0.05) is 36.4 Å². The van der Waals surface area contributed by atoms with Gasteiger partial charge in [-0.15, -0.1) is 11.3 Å². The fourth-order valence-corrected chi connectivity index (χ4v) is 3.98. The standard InChI is InChI=1S/C19H24N2O2S/c22-14-15-8-10-21(13-15)11-9-18(23)20-19(17-7-4-12-24-17)16-5-2-1-3-6-16/h1-7,12,15,19,22H,8-11,13-14H2,(H,20,23). The summed E-state index contributed by atoms with van der Waals surface area (Å²) in [6.07, 6.45) is 1.52. The molecule has 0 saturated carbocycles. The molecule has 2 unspecified atom stereocenters. The summed E-state index contributed by atoms with van der Waals surface area (Å²) in [6, 6.07) is 14.1. The molecule has 2 heterocycles. The van der Waals surface area contributed by atoms with Gasteiger partial charge in [0.05, 0.1) is 6.04 Å². The van der Waals surface area contributed by atoms with Crippen molar-refractivity contribution in [2.45, 2.75) is 18.9 Å². The van der Waals surface area contributed by atoms with Crippen molar-refractivity contribution in [3.05, 3.63) is 58.3 Å². The summed E-state index contributed by atoms with van der Waals surface area (Å²) >= 11 is 1.66. The van der Waals surface area contributed by atoms with Crippen molar-refractivity contribution in [1.29, 1.82) is 0 Å². The minimum Gasteiger partial charge on any atom is -0.396 e. The van der Waals surface area contributed by atoms with Crippen LogP contribution < -0.4 is 5.32 Å². The Balaban J connectivity index is 1.58. The smallest absolute Gasteiger partial charge is 0.222 e. The van der Waals surface area contributed by atoms with Crippen LogP contribution in [0.25, 0.3) is 0 Å². The SMILES string of the molecule is O=C(CCN1CCC(CO)C1)NC(c1ccccc1)c1cccs1. The van der Waals surface area contributed by atoms with E-state index in [0.717, 1.165) is 36.5 Å². The van der Waals surface area contributed by atoms with Crippen molar-refractivity contribution in [2.75, 3.05) is 26.2 Å². The van der Waals surface area contributed by atoms with E-state index >= 15 is 0 Å². The Hall–Kier alpha value is -1.69. The molecule has 5 heteroatoms. The number of carbonyl (C=O) groups excluding carboxylic acids is 1. The molecule has 3 rings (SSSR count). The molecule has 24 heavy (non-hydrogen) atoms. The molecule has 0 spiro atoms. The van der Waals surface area contributed by atoms with Crippen LogP contribution in [0, 0.1) is 5.92 Å².